The van der Waals surface area contributed by atoms with E-state index in [0.29, 0.717) is 12.1 Å². The number of amides is 1. The zero-order chi connectivity index (χ0) is 22.1. The van der Waals surface area contributed by atoms with Gasteiger partial charge in [-0.25, -0.2) is 0 Å². The third kappa shape index (κ3) is 4.05. The monoisotopic (exact) mass is 421 g/mol. The van der Waals surface area contributed by atoms with Crippen LogP contribution >= 0.6 is 0 Å². The summed E-state index contributed by atoms with van der Waals surface area (Å²) in [6.45, 7) is 3.19. The largest absolute Gasteiger partial charge is 0.507 e. The summed E-state index contributed by atoms with van der Waals surface area (Å²) < 4.78 is 5.74. The molecule has 0 aliphatic carbocycles. The van der Waals surface area contributed by atoms with Crippen LogP contribution in [0.1, 0.15) is 36.1 Å². The minimum atomic E-state index is -0.658. The number of nitrogens with zero attached hydrogens (tertiary/aromatic N) is 3. The maximum Gasteiger partial charge on any atom is 0.295 e. The number of carbonyl (C=O) groups is 2. The van der Waals surface area contributed by atoms with Gasteiger partial charge in [-0.2, -0.15) is 0 Å². The van der Waals surface area contributed by atoms with Crippen LogP contribution in [0.2, 0.25) is 0 Å². The van der Waals surface area contributed by atoms with Crippen LogP contribution in [-0.4, -0.2) is 64.9 Å². The van der Waals surface area contributed by atoms with Gasteiger partial charge in [0.25, 0.3) is 11.7 Å². The molecule has 0 bridgehead atoms. The molecule has 7 heteroatoms. The fourth-order valence-electron chi connectivity index (χ4n) is 4.29. The number of aromatic nitrogens is 1. The Hall–Kier alpha value is -3.19. The summed E-state index contributed by atoms with van der Waals surface area (Å²) in [6.07, 6.45) is 4.79. The molecule has 2 aliphatic heterocycles. The summed E-state index contributed by atoms with van der Waals surface area (Å²) in [7, 11) is 3.93. The zero-order valence-electron chi connectivity index (χ0n) is 18.0. The van der Waals surface area contributed by atoms with Gasteiger partial charge in [-0.15, -0.1) is 0 Å². The van der Waals surface area contributed by atoms with E-state index in [0.717, 1.165) is 36.3 Å². The molecular weight excluding hydrogens is 394 g/mol. The Kier molecular flexibility index (Phi) is 5.78. The third-order valence-corrected chi connectivity index (χ3v) is 5.74. The van der Waals surface area contributed by atoms with E-state index in [9.17, 15) is 14.7 Å². The van der Waals surface area contributed by atoms with Crippen molar-refractivity contribution in [3.63, 3.8) is 0 Å². The number of likely N-dealkylation sites (tertiary alicyclic amines) is 1. The van der Waals surface area contributed by atoms with Gasteiger partial charge in [0.1, 0.15) is 17.6 Å². The molecule has 1 amide bonds. The van der Waals surface area contributed by atoms with Crippen molar-refractivity contribution < 1.29 is 19.4 Å². The maximum absolute atomic E-state index is 13.0. The number of aliphatic hydroxyl groups excluding tert-OH is 1. The number of aliphatic hydroxyl groups is 1. The number of hydrogen-bond acceptors (Lipinski definition) is 6. The molecule has 2 aromatic rings. The predicted molar refractivity (Wildman–Crippen MR) is 117 cm³/mol. The molecule has 1 aromatic heterocycles. The lowest BCUT2D eigenvalue weighted by atomic mass is 9.95. The second kappa shape index (κ2) is 8.51. The quantitative estimate of drug-likeness (QED) is 0.439. The van der Waals surface area contributed by atoms with Crippen LogP contribution in [0, 0.1) is 0 Å². The summed E-state index contributed by atoms with van der Waals surface area (Å²) in [5.74, 6) is -0.606. The van der Waals surface area contributed by atoms with Crippen molar-refractivity contribution in [1.82, 2.24) is 14.8 Å². The fraction of sp³-hybridized carbons (Fsp3) is 0.375. The molecule has 1 aromatic carbocycles. The molecule has 31 heavy (non-hydrogen) atoms. The Bertz CT molecular complexity index is 1030. The van der Waals surface area contributed by atoms with Gasteiger partial charge in [0.15, 0.2) is 0 Å². The molecule has 2 unspecified atom stereocenters. The summed E-state index contributed by atoms with van der Waals surface area (Å²) in [6, 6.07) is 8.30. The molecule has 7 nitrogen and oxygen atoms in total. The van der Waals surface area contributed by atoms with Crippen molar-refractivity contribution >= 4 is 17.4 Å². The van der Waals surface area contributed by atoms with Crippen molar-refractivity contribution in [3.05, 3.63) is 65.0 Å². The Balaban J connectivity index is 1.76. The van der Waals surface area contributed by atoms with Crippen molar-refractivity contribution in [2.24, 2.45) is 0 Å². The number of benzene rings is 1. The van der Waals surface area contributed by atoms with E-state index in [4.69, 9.17) is 4.74 Å². The normalized spacial score (nSPS) is 22.1. The van der Waals surface area contributed by atoms with Crippen LogP contribution < -0.4 is 4.74 Å². The molecule has 1 saturated heterocycles. The highest BCUT2D eigenvalue weighted by molar-refractivity contribution is 6.46. The molecule has 2 aliphatic rings. The van der Waals surface area contributed by atoms with Gasteiger partial charge in [-0.3, -0.25) is 14.6 Å². The average molecular weight is 421 g/mol. The standard InChI is InChI=1S/C24H27N3O4/c1-15-13-18-14-17(5-6-19(18)31-15)22(28)20-21(16-7-9-25-10-8-16)27(24(30)23(20)29)12-4-11-26(2)3/h5-10,14-15,21,28H,4,11-13H2,1-3H3. The summed E-state index contributed by atoms with van der Waals surface area (Å²) in [5.41, 5.74) is 2.37. The first-order valence-electron chi connectivity index (χ1n) is 10.5. The number of rotatable bonds is 6. The van der Waals surface area contributed by atoms with Crippen LogP contribution in [0.25, 0.3) is 5.76 Å². The molecule has 2 atom stereocenters. The van der Waals surface area contributed by atoms with Gasteiger partial charge in [0.05, 0.1) is 11.6 Å². The first kappa shape index (κ1) is 21.1. The lowest BCUT2D eigenvalue weighted by molar-refractivity contribution is -0.139. The van der Waals surface area contributed by atoms with E-state index < -0.39 is 17.7 Å². The topological polar surface area (TPSA) is 83.0 Å². The summed E-state index contributed by atoms with van der Waals surface area (Å²) >= 11 is 0. The lowest BCUT2D eigenvalue weighted by Crippen LogP contribution is -2.32. The smallest absolute Gasteiger partial charge is 0.295 e. The van der Waals surface area contributed by atoms with E-state index in [1.54, 1.807) is 35.5 Å². The summed E-state index contributed by atoms with van der Waals surface area (Å²) in [5, 5.41) is 11.2. The van der Waals surface area contributed by atoms with E-state index in [-0.39, 0.29) is 17.4 Å². The average Bonchev–Trinajstić information content (AvgIpc) is 3.24. The van der Waals surface area contributed by atoms with Crippen LogP contribution in [-0.2, 0) is 16.0 Å². The number of pyridine rings is 1. The highest BCUT2D eigenvalue weighted by Gasteiger charge is 2.45. The van der Waals surface area contributed by atoms with Crippen LogP contribution in [0.5, 0.6) is 5.75 Å². The molecule has 4 rings (SSSR count). The summed E-state index contributed by atoms with van der Waals surface area (Å²) in [4.78, 5) is 33.6. The van der Waals surface area contributed by atoms with E-state index in [1.165, 1.54) is 0 Å². The number of ether oxygens (including phenoxy) is 1. The fourth-order valence-corrected chi connectivity index (χ4v) is 4.29. The highest BCUT2D eigenvalue weighted by Crippen LogP contribution is 2.40. The third-order valence-electron chi connectivity index (χ3n) is 5.74. The first-order chi connectivity index (χ1) is 14.9. The Morgan fingerprint density at radius 3 is 2.68 bits per heavy atom. The van der Waals surface area contributed by atoms with Crippen LogP contribution in [0.3, 0.4) is 0 Å². The van der Waals surface area contributed by atoms with Crippen molar-refractivity contribution in [1.29, 1.82) is 0 Å². The number of hydrogen-bond donors (Lipinski definition) is 1. The van der Waals surface area contributed by atoms with Gasteiger partial charge in [0, 0.05) is 30.9 Å². The lowest BCUT2D eigenvalue weighted by Gasteiger charge is -2.25. The zero-order valence-corrected chi connectivity index (χ0v) is 18.0. The van der Waals surface area contributed by atoms with Crippen molar-refractivity contribution in [2.75, 3.05) is 27.2 Å². The van der Waals surface area contributed by atoms with Gasteiger partial charge in [-0.1, -0.05) is 0 Å². The van der Waals surface area contributed by atoms with Gasteiger partial charge < -0.3 is 19.6 Å². The Labute approximate surface area is 182 Å². The molecule has 0 saturated carbocycles. The van der Waals surface area contributed by atoms with Crippen LogP contribution in [0.15, 0.2) is 48.3 Å². The number of carbonyl (C=O) groups excluding carboxylic acids is 2. The predicted octanol–water partition coefficient (Wildman–Crippen LogP) is 2.78. The molecule has 3 heterocycles. The Morgan fingerprint density at radius 1 is 1.23 bits per heavy atom. The van der Waals surface area contributed by atoms with Crippen molar-refractivity contribution in [2.45, 2.75) is 31.9 Å². The molecule has 1 N–H and O–H groups in total. The molecule has 1 fully saturated rings. The number of Topliss-reactive ketones (excluding diaryl/α,β-unsaturated/α-hetero) is 1. The highest BCUT2D eigenvalue weighted by atomic mass is 16.5. The minimum absolute atomic E-state index is 0.0755. The van der Waals surface area contributed by atoms with E-state index >= 15 is 0 Å². The van der Waals surface area contributed by atoms with Gasteiger partial charge in [0.2, 0.25) is 0 Å². The molecule has 162 valence electrons. The minimum Gasteiger partial charge on any atom is -0.507 e. The molecule has 0 radical (unpaired) electrons. The molecule has 0 spiro atoms. The second-order valence-electron chi connectivity index (χ2n) is 8.38. The second-order valence-corrected chi connectivity index (χ2v) is 8.38. The number of ketones is 1. The van der Waals surface area contributed by atoms with Crippen molar-refractivity contribution in [3.8, 4) is 5.75 Å². The SMILES string of the molecule is CC1Cc2cc(C(O)=C3C(=O)C(=O)N(CCCN(C)C)C3c3ccncc3)ccc2O1. The van der Waals surface area contributed by atoms with Gasteiger partial charge >= 0.3 is 0 Å². The Morgan fingerprint density at radius 2 is 1.97 bits per heavy atom. The van der Waals surface area contributed by atoms with Gasteiger partial charge in [-0.05, 0) is 75.4 Å². The van der Waals surface area contributed by atoms with E-state index in [1.807, 2.05) is 38.1 Å². The number of fused-ring (bicyclic) bond motifs is 1. The van der Waals surface area contributed by atoms with E-state index in [2.05, 4.69) is 4.98 Å². The maximum atomic E-state index is 13.0. The first-order valence-corrected chi connectivity index (χ1v) is 10.5. The van der Waals surface area contributed by atoms with Crippen LogP contribution in [0.4, 0.5) is 0 Å². The molecular formula is C24H27N3O4.